The number of rotatable bonds is 12. The summed E-state index contributed by atoms with van der Waals surface area (Å²) in [5.41, 5.74) is 9.96. The van der Waals surface area contributed by atoms with Gasteiger partial charge in [0.05, 0.1) is 0 Å². The lowest BCUT2D eigenvalue weighted by atomic mass is 10.0. The van der Waals surface area contributed by atoms with E-state index in [0.29, 0.717) is 12.8 Å². The highest BCUT2D eigenvalue weighted by Crippen LogP contribution is 2.20. The summed E-state index contributed by atoms with van der Waals surface area (Å²) in [4.78, 5) is 23.7. The summed E-state index contributed by atoms with van der Waals surface area (Å²) in [6.07, 6.45) is 15.4. The molecular formula is C37H35NO2. The van der Waals surface area contributed by atoms with Gasteiger partial charge in [-0.1, -0.05) is 109 Å². The SMILES string of the molecule is CN(C)Cc1ccc(/C=C/c2cc(/C=C/c3ccc(CC=O)cc3)cc(/C=C/c3ccc(CC=O)cc3)c2)cc1. The van der Waals surface area contributed by atoms with Crippen LogP contribution in [0.3, 0.4) is 0 Å². The lowest BCUT2D eigenvalue weighted by Gasteiger charge is -2.09. The van der Waals surface area contributed by atoms with Gasteiger partial charge in [-0.3, -0.25) is 0 Å². The van der Waals surface area contributed by atoms with Crippen LogP contribution in [0.2, 0.25) is 0 Å². The Morgan fingerprint density at radius 1 is 0.450 bits per heavy atom. The van der Waals surface area contributed by atoms with Crippen LogP contribution >= 0.6 is 0 Å². The van der Waals surface area contributed by atoms with E-state index in [0.717, 1.165) is 63.6 Å². The summed E-state index contributed by atoms with van der Waals surface area (Å²) in [7, 11) is 4.15. The fraction of sp³-hybridized carbons (Fsp3) is 0.135. The summed E-state index contributed by atoms with van der Waals surface area (Å²) in [5, 5.41) is 0. The lowest BCUT2D eigenvalue weighted by molar-refractivity contribution is -0.108. The Morgan fingerprint density at radius 2 is 0.750 bits per heavy atom. The topological polar surface area (TPSA) is 37.4 Å². The molecule has 3 heteroatoms. The van der Waals surface area contributed by atoms with E-state index in [1.165, 1.54) is 5.56 Å². The van der Waals surface area contributed by atoms with Crippen molar-refractivity contribution in [2.75, 3.05) is 14.1 Å². The van der Waals surface area contributed by atoms with Crippen LogP contribution in [0.1, 0.15) is 50.1 Å². The van der Waals surface area contributed by atoms with E-state index in [-0.39, 0.29) is 0 Å². The third kappa shape index (κ3) is 9.00. The third-order valence-corrected chi connectivity index (χ3v) is 6.48. The Hall–Kier alpha value is -4.60. The minimum Gasteiger partial charge on any atom is -0.305 e. The van der Waals surface area contributed by atoms with E-state index < -0.39 is 0 Å². The molecule has 0 saturated heterocycles. The zero-order valence-corrected chi connectivity index (χ0v) is 23.2. The first-order valence-corrected chi connectivity index (χ1v) is 13.5. The van der Waals surface area contributed by atoms with Gasteiger partial charge < -0.3 is 14.5 Å². The Bertz CT molecular complexity index is 1410. The molecule has 0 spiro atoms. The average Bonchev–Trinajstić information content (AvgIpc) is 2.96. The second-order valence-corrected chi connectivity index (χ2v) is 10.1. The van der Waals surface area contributed by atoms with Crippen molar-refractivity contribution in [1.29, 1.82) is 0 Å². The Balaban J connectivity index is 1.59. The fourth-order valence-electron chi connectivity index (χ4n) is 4.39. The highest BCUT2D eigenvalue weighted by atomic mass is 16.1. The van der Waals surface area contributed by atoms with Crippen molar-refractivity contribution >= 4 is 49.0 Å². The molecule has 3 nitrogen and oxygen atoms in total. The molecule has 4 aromatic carbocycles. The number of benzene rings is 4. The van der Waals surface area contributed by atoms with Gasteiger partial charge in [0, 0.05) is 19.4 Å². The number of aldehydes is 2. The van der Waals surface area contributed by atoms with Crippen molar-refractivity contribution in [3.05, 3.63) is 141 Å². The highest BCUT2D eigenvalue weighted by Gasteiger charge is 1.99. The standard InChI is InChI=1S/C37H35NO2/c1-38(2)28-34-16-11-31(12-17-34)15-20-37-26-35(18-13-29-3-7-32(8-4-29)21-23-39)25-36(27-37)19-14-30-5-9-33(10-6-30)22-24-40/h3-20,23-27H,21-22,28H2,1-2H3/b18-13+,19-14+,20-15+. The maximum atomic E-state index is 10.8. The van der Waals surface area contributed by atoms with Gasteiger partial charge in [-0.15, -0.1) is 0 Å². The van der Waals surface area contributed by atoms with Gasteiger partial charge in [-0.2, -0.15) is 0 Å². The summed E-state index contributed by atoms with van der Waals surface area (Å²) in [5.74, 6) is 0. The first kappa shape index (κ1) is 28.4. The molecule has 0 aliphatic rings. The van der Waals surface area contributed by atoms with Crippen molar-refractivity contribution in [1.82, 2.24) is 4.90 Å². The smallest absolute Gasteiger partial charge is 0.124 e. The van der Waals surface area contributed by atoms with Crippen molar-refractivity contribution in [3.63, 3.8) is 0 Å². The van der Waals surface area contributed by atoms with Gasteiger partial charge in [0.2, 0.25) is 0 Å². The average molecular weight is 526 g/mol. The molecule has 0 N–H and O–H groups in total. The van der Waals surface area contributed by atoms with E-state index in [1.807, 2.05) is 48.5 Å². The Morgan fingerprint density at radius 3 is 1.05 bits per heavy atom. The minimum absolute atomic E-state index is 0.437. The molecule has 0 unspecified atom stereocenters. The van der Waals surface area contributed by atoms with Crippen LogP contribution < -0.4 is 0 Å². The van der Waals surface area contributed by atoms with Crippen molar-refractivity contribution in [2.24, 2.45) is 0 Å². The van der Waals surface area contributed by atoms with E-state index in [2.05, 4.69) is 97.9 Å². The zero-order valence-electron chi connectivity index (χ0n) is 23.2. The Labute approximate surface area is 237 Å². The molecule has 0 aromatic heterocycles. The first-order chi connectivity index (χ1) is 19.5. The molecule has 0 amide bonds. The molecule has 0 aliphatic carbocycles. The van der Waals surface area contributed by atoms with Crippen LogP contribution in [0, 0.1) is 0 Å². The number of carbonyl (C=O) groups is 2. The van der Waals surface area contributed by atoms with Crippen molar-refractivity contribution in [2.45, 2.75) is 19.4 Å². The van der Waals surface area contributed by atoms with E-state index in [9.17, 15) is 9.59 Å². The second kappa shape index (κ2) is 14.5. The van der Waals surface area contributed by atoms with E-state index >= 15 is 0 Å². The molecular weight excluding hydrogens is 490 g/mol. The lowest BCUT2D eigenvalue weighted by Crippen LogP contribution is -2.10. The van der Waals surface area contributed by atoms with Crippen LogP contribution in [0.15, 0.2) is 91.0 Å². The maximum Gasteiger partial charge on any atom is 0.124 e. The predicted octanol–water partition coefficient (Wildman–Crippen LogP) is 7.74. The van der Waals surface area contributed by atoms with E-state index in [1.54, 1.807) is 0 Å². The van der Waals surface area contributed by atoms with Crippen LogP contribution in [0.5, 0.6) is 0 Å². The fourth-order valence-corrected chi connectivity index (χ4v) is 4.39. The van der Waals surface area contributed by atoms with Crippen LogP contribution in [-0.4, -0.2) is 31.6 Å². The van der Waals surface area contributed by atoms with E-state index in [4.69, 9.17) is 0 Å². The molecule has 0 radical (unpaired) electrons. The molecule has 200 valence electrons. The molecule has 0 atom stereocenters. The maximum absolute atomic E-state index is 10.8. The number of hydrogen-bond acceptors (Lipinski definition) is 3. The highest BCUT2D eigenvalue weighted by molar-refractivity contribution is 5.79. The molecule has 4 rings (SSSR count). The largest absolute Gasteiger partial charge is 0.305 e. The number of carbonyl (C=O) groups excluding carboxylic acids is 2. The number of hydrogen-bond donors (Lipinski definition) is 0. The second-order valence-electron chi connectivity index (χ2n) is 10.1. The van der Waals surface area contributed by atoms with Gasteiger partial charge in [0.25, 0.3) is 0 Å². The summed E-state index contributed by atoms with van der Waals surface area (Å²) < 4.78 is 0. The predicted molar refractivity (Wildman–Crippen MR) is 169 cm³/mol. The molecule has 0 fully saturated rings. The molecule has 0 saturated carbocycles. The summed E-state index contributed by atoms with van der Waals surface area (Å²) in [6.45, 7) is 0.924. The first-order valence-electron chi connectivity index (χ1n) is 13.5. The molecule has 0 bridgehead atoms. The molecule has 40 heavy (non-hydrogen) atoms. The minimum atomic E-state index is 0.437. The van der Waals surface area contributed by atoms with Crippen molar-refractivity contribution < 1.29 is 9.59 Å². The summed E-state index contributed by atoms with van der Waals surface area (Å²) >= 11 is 0. The van der Waals surface area contributed by atoms with Crippen LogP contribution in [0.4, 0.5) is 0 Å². The van der Waals surface area contributed by atoms with Gasteiger partial charge in [-0.05, 0) is 82.4 Å². The number of nitrogens with zero attached hydrogens (tertiary/aromatic N) is 1. The molecule has 0 heterocycles. The van der Waals surface area contributed by atoms with Gasteiger partial charge in [0.15, 0.2) is 0 Å². The molecule has 0 aliphatic heterocycles. The van der Waals surface area contributed by atoms with Crippen LogP contribution in [-0.2, 0) is 29.0 Å². The monoisotopic (exact) mass is 525 g/mol. The summed E-state index contributed by atoms with van der Waals surface area (Å²) in [6, 6.07) is 31.3. The van der Waals surface area contributed by atoms with Gasteiger partial charge >= 0.3 is 0 Å². The van der Waals surface area contributed by atoms with Gasteiger partial charge in [0.1, 0.15) is 12.6 Å². The quantitative estimate of drug-likeness (QED) is 0.140. The third-order valence-electron chi connectivity index (χ3n) is 6.48. The van der Waals surface area contributed by atoms with Crippen LogP contribution in [0.25, 0.3) is 36.5 Å². The Kier molecular flexibility index (Phi) is 10.3. The van der Waals surface area contributed by atoms with Gasteiger partial charge in [-0.25, -0.2) is 0 Å². The zero-order chi connectivity index (χ0) is 28.2. The van der Waals surface area contributed by atoms with Crippen molar-refractivity contribution in [3.8, 4) is 0 Å². The molecule has 4 aromatic rings. The normalized spacial score (nSPS) is 11.7.